The standard InChI is InChI=1S/C23H25BrO8S/c1-3-18-30-21-20(32-22(25)15-7-5-4-6-8-15)19(24)17(29-23(21)31-18)13-28-33(26,27)16-11-9-14(2)10-12-16/h4-12,17-21,23H,3,13H2,1-2H3/t17-,18-,19-,20+,21-,23-/m1/s1. The molecule has 2 fully saturated rings. The minimum Gasteiger partial charge on any atom is -0.454 e. The number of hydrogen-bond acceptors (Lipinski definition) is 8. The maximum Gasteiger partial charge on any atom is 0.338 e. The molecule has 0 radical (unpaired) electrons. The van der Waals surface area contributed by atoms with Crippen LogP contribution < -0.4 is 0 Å². The molecule has 2 aliphatic rings. The zero-order valence-corrected chi connectivity index (χ0v) is 20.5. The number of esters is 1. The van der Waals surface area contributed by atoms with E-state index in [1.165, 1.54) is 12.1 Å². The predicted molar refractivity (Wildman–Crippen MR) is 121 cm³/mol. The van der Waals surface area contributed by atoms with E-state index in [1.807, 2.05) is 13.8 Å². The van der Waals surface area contributed by atoms with Crippen molar-refractivity contribution in [2.75, 3.05) is 6.61 Å². The van der Waals surface area contributed by atoms with Gasteiger partial charge in [0.05, 0.1) is 21.9 Å². The predicted octanol–water partition coefficient (Wildman–Crippen LogP) is 3.57. The maximum atomic E-state index is 12.7. The Morgan fingerprint density at radius 2 is 1.73 bits per heavy atom. The molecular formula is C23H25BrO8S. The Balaban J connectivity index is 1.50. The quantitative estimate of drug-likeness (QED) is 0.298. The Kier molecular flexibility index (Phi) is 7.52. The fourth-order valence-electron chi connectivity index (χ4n) is 3.63. The van der Waals surface area contributed by atoms with Crippen molar-refractivity contribution in [2.45, 2.75) is 60.9 Å². The van der Waals surface area contributed by atoms with Gasteiger partial charge in [0.25, 0.3) is 10.1 Å². The monoisotopic (exact) mass is 540 g/mol. The first-order chi connectivity index (χ1) is 15.8. The molecule has 2 aromatic rings. The van der Waals surface area contributed by atoms with Crippen LogP contribution in [-0.2, 0) is 33.2 Å². The molecule has 0 aromatic heterocycles. The van der Waals surface area contributed by atoms with Gasteiger partial charge in [0, 0.05) is 0 Å². The van der Waals surface area contributed by atoms with Crippen molar-refractivity contribution in [3.05, 3.63) is 65.7 Å². The van der Waals surface area contributed by atoms with Crippen molar-refractivity contribution in [1.82, 2.24) is 0 Å². The number of rotatable bonds is 7. The summed E-state index contributed by atoms with van der Waals surface area (Å²) < 4.78 is 53.9. The zero-order valence-electron chi connectivity index (χ0n) is 18.1. The van der Waals surface area contributed by atoms with Crippen molar-refractivity contribution in [3.63, 3.8) is 0 Å². The third-order valence-corrected chi connectivity index (χ3v) is 7.85. The maximum absolute atomic E-state index is 12.7. The van der Waals surface area contributed by atoms with Crippen molar-refractivity contribution < 1.29 is 36.3 Å². The molecule has 0 spiro atoms. The van der Waals surface area contributed by atoms with Crippen LogP contribution in [0.15, 0.2) is 59.5 Å². The minimum absolute atomic E-state index is 0.0476. The van der Waals surface area contributed by atoms with E-state index in [0.717, 1.165) is 5.56 Å². The normalized spacial score (nSPS) is 29.4. The number of carbonyl (C=O) groups excluding carboxylic acids is 1. The number of halogens is 1. The van der Waals surface area contributed by atoms with Gasteiger partial charge in [0.2, 0.25) is 0 Å². The molecule has 0 saturated carbocycles. The molecule has 2 saturated heterocycles. The van der Waals surface area contributed by atoms with Crippen molar-refractivity contribution in [3.8, 4) is 0 Å². The molecule has 0 amide bonds. The van der Waals surface area contributed by atoms with Crippen LogP contribution in [0.4, 0.5) is 0 Å². The highest BCUT2D eigenvalue weighted by Crippen LogP contribution is 2.37. The lowest BCUT2D eigenvalue weighted by atomic mass is 10.0. The molecule has 2 aliphatic heterocycles. The van der Waals surface area contributed by atoms with Gasteiger partial charge < -0.3 is 18.9 Å². The Morgan fingerprint density at radius 1 is 1.03 bits per heavy atom. The van der Waals surface area contributed by atoms with Crippen LogP contribution in [0.1, 0.15) is 29.3 Å². The molecule has 178 valence electrons. The molecule has 2 heterocycles. The van der Waals surface area contributed by atoms with Gasteiger partial charge in [-0.3, -0.25) is 4.18 Å². The number of ether oxygens (including phenoxy) is 4. The molecule has 0 bridgehead atoms. The summed E-state index contributed by atoms with van der Waals surface area (Å²) >= 11 is 3.52. The van der Waals surface area contributed by atoms with E-state index in [0.29, 0.717) is 12.0 Å². The second-order valence-corrected chi connectivity index (χ2v) is 10.5. The number of aryl methyl sites for hydroxylation is 1. The number of alkyl halides is 1. The molecule has 6 atom stereocenters. The lowest BCUT2D eigenvalue weighted by Gasteiger charge is -2.39. The Morgan fingerprint density at radius 3 is 2.39 bits per heavy atom. The molecule has 2 aromatic carbocycles. The van der Waals surface area contributed by atoms with Gasteiger partial charge in [-0.2, -0.15) is 8.42 Å². The van der Waals surface area contributed by atoms with Gasteiger partial charge in [0.15, 0.2) is 12.6 Å². The van der Waals surface area contributed by atoms with Crippen LogP contribution in [0.2, 0.25) is 0 Å². The van der Waals surface area contributed by atoms with E-state index in [2.05, 4.69) is 15.9 Å². The van der Waals surface area contributed by atoms with E-state index in [-0.39, 0.29) is 11.5 Å². The fourth-order valence-corrected chi connectivity index (χ4v) is 5.24. The zero-order chi connectivity index (χ0) is 23.6. The van der Waals surface area contributed by atoms with E-state index in [9.17, 15) is 13.2 Å². The first-order valence-electron chi connectivity index (χ1n) is 10.6. The number of benzene rings is 2. The summed E-state index contributed by atoms with van der Waals surface area (Å²) in [5.41, 5.74) is 1.32. The van der Waals surface area contributed by atoms with Crippen LogP contribution in [0, 0.1) is 6.92 Å². The summed E-state index contributed by atoms with van der Waals surface area (Å²) in [7, 11) is -4.00. The summed E-state index contributed by atoms with van der Waals surface area (Å²) in [6, 6.07) is 14.9. The molecule has 8 nitrogen and oxygen atoms in total. The van der Waals surface area contributed by atoms with Gasteiger partial charge in [-0.15, -0.1) is 0 Å². The molecule has 33 heavy (non-hydrogen) atoms. The summed E-state index contributed by atoms with van der Waals surface area (Å²) in [6.07, 6.45) is -3.01. The molecule has 0 aliphatic carbocycles. The van der Waals surface area contributed by atoms with E-state index >= 15 is 0 Å². The Bertz CT molecular complexity index is 1060. The molecule has 10 heteroatoms. The molecule has 4 rings (SSSR count). The Hall–Kier alpha value is -1.82. The lowest BCUT2D eigenvalue weighted by molar-refractivity contribution is -0.207. The van der Waals surface area contributed by atoms with Gasteiger partial charge in [-0.05, 0) is 37.6 Å². The fraction of sp³-hybridized carbons (Fsp3) is 0.435. The summed E-state index contributed by atoms with van der Waals surface area (Å²) in [5.74, 6) is -0.527. The topological polar surface area (TPSA) is 97.4 Å². The van der Waals surface area contributed by atoms with Crippen molar-refractivity contribution in [1.29, 1.82) is 0 Å². The van der Waals surface area contributed by atoms with E-state index in [1.54, 1.807) is 42.5 Å². The van der Waals surface area contributed by atoms with Crippen LogP contribution in [0.5, 0.6) is 0 Å². The van der Waals surface area contributed by atoms with Crippen LogP contribution >= 0.6 is 15.9 Å². The van der Waals surface area contributed by atoms with Crippen LogP contribution in [0.3, 0.4) is 0 Å². The average Bonchev–Trinajstić information content (AvgIpc) is 3.23. The smallest absolute Gasteiger partial charge is 0.338 e. The number of hydrogen-bond donors (Lipinski definition) is 0. The minimum atomic E-state index is -4.00. The highest BCUT2D eigenvalue weighted by molar-refractivity contribution is 9.09. The summed E-state index contributed by atoms with van der Waals surface area (Å²) in [5, 5.41) is 0. The summed E-state index contributed by atoms with van der Waals surface area (Å²) in [6.45, 7) is 3.46. The van der Waals surface area contributed by atoms with Gasteiger partial charge in [-0.25, -0.2) is 4.79 Å². The summed E-state index contributed by atoms with van der Waals surface area (Å²) in [4.78, 5) is 12.2. The Labute approximate surface area is 201 Å². The third-order valence-electron chi connectivity index (χ3n) is 5.45. The number of fused-ring (bicyclic) bond motifs is 1. The van der Waals surface area contributed by atoms with Crippen LogP contribution in [0.25, 0.3) is 0 Å². The second-order valence-electron chi connectivity index (χ2n) is 7.85. The molecule has 0 N–H and O–H groups in total. The largest absolute Gasteiger partial charge is 0.454 e. The second kappa shape index (κ2) is 10.2. The van der Waals surface area contributed by atoms with Gasteiger partial charge in [0.1, 0.15) is 18.3 Å². The van der Waals surface area contributed by atoms with Crippen LogP contribution in [-0.4, -0.2) is 56.7 Å². The highest BCUT2D eigenvalue weighted by atomic mass is 79.9. The SMILES string of the molecule is CC[C@H]1O[C@H]2O[C@H](COS(=O)(=O)c3ccc(C)cc3)[C@@H](Br)[C@H](OC(=O)c3ccccc3)[C@H]2O1. The number of carbonyl (C=O) groups is 1. The molecule has 0 unspecified atom stereocenters. The van der Waals surface area contributed by atoms with E-state index in [4.69, 9.17) is 23.1 Å². The van der Waals surface area contributed by atoms with E-state index < -0.39 is 51.8 Å². The van der Waals surface area contributed by atoms with Crippen molar-refractivity contribution in [2.24, 2.45) is 0 Å². The molecular weight excluding hydrogens is 516 g/mol. The third kappa shape index (κ3) is 5.47. The first kappa shape index (κ1) is 24.3. The lowest BCUT2D eigenvalue weighted by Crippen LogP contribution is -2.57. The highest BCUT2D eigenvalue weighted by Gasteiger charge is 2.53. The van der Waals surface area contributed by atoms with Gasteiger partial charge >= 0.3 is 5.97 Å². The van der Waals surface area contributed by atoms with Gasteiger partial charge in [-0.1, -0.05) is 58.7 Å². The first-order valence-corrected chi connectivity index (χ1v) is 12.9. The average molecular weight is 541 g/mol. The van der Waals surface area contributed by atoms with Crippen molar-refractivity contribution >= 4 is 32.0 Å².